The molecule has 1 atom stereocenters. The summed E-state index contributed by atoms with van der Waals surface area (Å²) < 4.78 is 36.1. The maximum atomic E-state index is 12.5. The van der Waals surface area contributed by atoms with Gasteiger partial charge in [0.15, 0.2) is 14.4 Å². The van der Waals surface area contributed by atoms with E-state index in [0.717, 1.165) is 5.56 Å². The third-order valence-corrected chi connectivity index (χ3v) is 5.60. The van der Waals surface area contributed by atoms with Crippen LogP contribution in [0.15, 0.2) is 53.4 Å². The highest BCUT2D eigenvalue weighted by atomic mass is 32.2. The topological polar surface area (TPSA) is 89.9 Å². The first-order valence-electron chi connectivity index (χ1n) is 8.00. The highest BCUT2D eigenvalue weighted by Gasteiger charge is 2.31. The van der Waals surface area contributed by atoms with Gasteiger partial charge < -0.3 is 13.7 Å². The summed E-state index contributed by atoms with van der Waals surface area (Å²) >= 11 is 0. The molecule has 2 rings (SSSR count). The first-order valence-corrected chi connectivity index (χ1v) is 12.8. The average Bonchev–Trinajstić information content (AvgIpc) is 2.52. The summed E-state index contributed by atoms with van der Waals surface area (Å²) in [4.78, 5) is 11.7. The molecule has 0 radical (unpaired) electrons. The van der Waals surface area contributed by atoms with Crippen LogP contribution in [0.5, 0.6) is 5.75 Å². The summed E-state index contributed by atoms with van der Waals surface area (Å²) in [6, 6.07) is 12.3. The predicted molar refractivity (Wildman–Crippen MR) is 100 cm³/mol. The van der Waals surface area contributed by atoms with E-state index in [4.69, 9.17) is 8.61 Å². The van der Waals surface area contributed by atoms with Crippen LogP contribution in [0.2, 0.25) is 19.6 Å². The fourth-order valence-electron chi connectivity index (χ4n) is 2.24. The van der Waals surface area contributed by atoms with Crippen LogP contribution in [0.25, 0.3) is 0 Å². The molecule has 1 unspecified atom stereocenters. The summed E-state index contributed by atoms with van der Waals surface area (Å²) in [5.41, 5.74) is 1.08. The molecule has 26 heavy (non-hydrogen) atoms. The standard InChI is InChI=1S/C18H22O6SSi/c1-13-9-11-14(12-10-13)25(21,22)23-16-8-6-5-7-15(16)17(18(19)20)24-26(2,3)4/h5-12,17H,1-4H3,(H,19,20). The predicted octanol–water partition coefficient (Wildman–Crippen LogP) is 3.74. The Morgan fingerprint density at radius 2 is 1.62 bits per heavy atom. The molecule has 2 aromatic rings. The van der Waals surface area contributed by atoms with Gasteiger partial charge in [0.25, 0.3) is 0 Å². The first kappa shape index (κ1) is 20.2. The number of hydrogen-bond acceptors (Lipinski definition) is 5. The second-order valence-corrected chi connectivity index (χ2v) is 12.8. The maximum absolute atomic E-state index is 12.5. The van der Waals surface area contributed by atoms with Crippen molar-refractivity contribution in [2.75, 3.05) is 0 Å². The Morgan fingerprint density at radius 3 is 2.15 bits per heavy atom. The van der Waals surface area contributed by atoms with Crippen molar-refractivity contribution in [3.63, 3.8) is 0 Å². The van der Waals surface area contributed by atoms with E-state index < -0.39 is 30.5 Å². The summed E-state index contributed by atoms with van der Waals surface area (Å²) in [5.74, 6) is -1.25. The number of hydrogen-bond donors (Lipinski definition) is 1. The molecule has 2 aromatic carbocycles. The summed E-state index contributed by atoms with van der Waals surface area (Å²) in [6.45, 7) is 7.41. The second-order valence-electron chi connectivity index (χ2n) is 6.84. The third kappa shape index (κ3) is 5.17. The Labute approximate surface area is 154 Å². The minimum atomic E-state index is -4.09. The van der Waals surface area contributed by atoms with E-state index in [9.17, 15) is 18.3 Å². The molecule has 0 saturated heterocycles. The number of carboxylic acid groups (broad SMARTS) is 1. The zero-order chi connectivity index (χ0) is 19.5. The van der Waals surface area contributed by atoms with Crippen LogP contribution in [0, 0.1) is 6.92 Å². The van der Waals surface area contributed by atoms with Gasteiger partial charge in [0.05, 0.1) is 0 Å². The average molecular weight is 395 g/mol. The Morgan fingerprint density at radius 1 is 1.04 bits per heavy atom. The molecule has 0 fully saturated rings. The fourth-order valence-corrected chi connectivity index (χ4v) is 4.13. The van der Waals surface area contributed by atoms with E-state index in [1.165, 1.54) is 24.3 Å². The van der Waals surface area contributed by atoms with Gasteiger partial charge in [-0.15, -0.1) is 0 Å². The molecule has 0 aliphatic rings. The van der Waals surface area contributed by atoms with Crippen LogP contribution < -0.4 is 4.18 Å². The zero-order valence-electron chi connectivity index (χ0n) is 15.1. The van der Waals surface area contributed by atoms with E-state index in [-0.39, 0.29) is 16.2 Å². The number of para-hydroxylation sites is 1. The lowest BCUT2D eigenvalue weighted by Crippen LogP contribution is -2.31. The van der Waals surface area contributed by atoms with Crippen LogP contribution >= 0.6 is 0 Å². The number of carboxylic acids is 1. The number of rotatable bonds is 7. The van der Waals surface area contributed by atoms with Crippen LogP contribution in [0.3, 0.4) is 0 Å². The van der Waals surface area contributed by atoms with Crippen molar-refractivity contribution in [3.05, 3.63) is 59.7 Å². The van der Waals surface area contributed by atoms with Crippen molar-refractivity contribution in [2.24, 2.45) is 0 Å². The highest BCUT2D eigenvalue weighted by Crippen LogP contribution is 2.32. The highest BCUT2D eigenvalue weighted by molar-refractivity contribution is 7.87. The van der Waals surface area contributed by atoms with Gasteiger partial charge in [-0.25, -0.2) is 4.79 Å². The number of aryl methyl sites for hydroxylation is 1. The molecule has 140 valence electrons. The van der Waals surface area contributed by atoms with E-state index >= 15 is 0 Å². The molecule has 0 bridgehead atoms. The van der Waals surface area contributed by atoms with E-state index in [2.05, 4.69) is 0 Å². The minimum Gasteiger partial charge on any atom is -0.479 e. The molecule has 6 nitrogen and oxygen atoms in total. The lowest BCUT2D eigenvalue weighted by Gasteiger charge is -2.25. The SMILES string of the molecule is Cc1ccc(S(=O)(=O)Oc2ccccc2C(O[Si](C)(C)C)C(=O)O)cc1. The zero-order valence-corrected chi connectivity index (χ0v) is 16.9. The summed E-state index contributed by atoms with van der Waals surface area (Å²) in [6.07, 6.45) is -1.30. The molecule has 0 aliphatic heterocycles. The largest absolute Gasteiger partial charge is 0.479 e. The molecule has 0 spiro atoms. The van der Waals surface area contributed by atoms with Gasteiger partial charge in [-0.1, -0.05) is 35.9 Å². The quantitative estimate of drug-likeness (QED) is 0.568. The van der Waals surface area contributed by atoms with Crippen molar-refractivity contribution in [1.82, 2.24) is 0 Å². The molecule has 0 saturated carbocycles. The van der Waals surface area contributed by atoms with Gasteiger partial charge in [-0.3, -0.25) is 0 Å². The van der Waals surface area contributed by atoms with Gasteiger partial charge >= 0.3 is 16.1 Å². The summed E-state index contributed by atoms with van der Waals surface area (Å²) in [7, 11) is -6.30. The van der Waals surface area contributed by atoms with E-state index in [1.54, 1.807) is 24.3 Å². The van der Waals surface area contributed by atoms with Crippen LogP contribution in [-0.4, -0.2) is 27.8 Å². The number of carbonyl (C=O) groups is 1. The van der Waals surface area contributed by atoms with Crippen LogP contribution in [0.4, 0.5) is 0 Å². The third-order valence-electron chi connectivity index (χ3n) is 3.41. The Kier molecular flexibility index (Phi) is 5.90. The van der Waals surface area contributed by atoms with Crippen molar-refractivity contribution in [3.8, 4) is 5.75 Å². The van der Waals surface area contributed by atoms with E-state index in [1.807, 2.05) is 26.6 Å². The molecular formula is C18H22O6SSi. The van der Waals surface area contributed by atoms with Gasteiger partial charge in [0.1, 0.15) is 10.6 Å². The Balaban J connectivity index is 2.42. The van der Waals surface area contributed by atoms with Gasteiger partial charge in [0, 0.05) is 5.56 Å². The van der Waals surface area contributed by atoms with Gasteiger partial charge in [-0.05, 0) is 44.8 Å². The molecule has 0 aromatic heterocycles. The smallest absolute Gasteiger partial charge is 0.339 e. The second kappa shape index (κ2) is 7.61. The number of aliphatic carboxylic acids is 1. The van der Waals surface area contributed by atoms with Crippen molar-refractivity contribution in [2.45, 2.75) is 37.6 Å². The van der Waals surface area contributed by atoms with Crippen LogP contribution in [0.1, 0.15) is 17.2 Å². The lowest BCUT2D eigenvalue weighted by molar-refractivity contribution is -0.145. The minimum absolute atomic E-state index is 0.00380. The first-order chi connectivity index (χ1) is 12.0. The number of benzene rings is 2. The Bertz CT molecular complexity index is 885. The molecule has 0 amide bonds. The molecule has 8 heteroatoms. The molecular weight excluding hydrogens is 372 g/mol. The molecule has 1 N–H and O–H groups in total. The van der Waals surface area contributed by atoms with Gasteiger partial charge in [-0.2, -0.15) is 8.42 Å². The summed E-state index contributed by atoms with van der Waals surface area (Å²) in [5, 5.41) is 9.55. The fraction of sp³-hybridized carbons (Fsp3) is 0.278. The maximum Gasteiger partial charge on any atom is 0.339 e. The normalized spacial score (nSPS) is 13.2. The molecule has 0 heterocycles. The van der Waals surface area contributed by atoms with Crippen LogP contribution in [-0.2, 0) is 19.3 Å². The van der Waals surface area contributed by atoms with Crippen molar-refractivity contribution in [1.29, 1.82) is 0 Å². The Hall–Kier alpha value is -2.16. The van der Waals surface area contributed by atoms with Crippen molar-refractivity contribution < 1.29 is 26.9 Å². The van der Waals surface area contributed by atoms with Gasteiger partial charge in [0.2, 0.25) is 0 Å². The van der Waals surface area contributed by atoms with E-state index in [0.29, 0.717) is 0 Å². The lowest BCUT2D eigenvalue weighted by atomic mass is 10.1. The van der Waals surface area contributed by atoms with Crippen molar-refractivity contribution >= 4 is 24.4 Å². The monoisotopic (exact) mass is 394 g/mol. The molecule has 0 aliphatic carbocycles.